The third-order valence-electron chi connectivity index (χ3n) is 4.48. The molecule has 2 aliphatic carbocycles. The van der Waals surface area contributed by atoms with Crippen LogP contribution in [0.2, 0.25) is 0 Å². The molecule has 0 atom stereocenters. The highest BCUT2D eigenvalue weighted by Crippen LogP contribution is 2.37. The first-order valence-corrected chi connectivity index (χ1v) is 7.19. The van der Waals surface area contributed by atoms with Gasteiger partial charge in [-0.3, -0.25) is 4.68 Å². The Labute approximate surface area is 103 Å². The summed E-state index contributed by atoms with van der Waals surface area (Å²) in [4.78, 5) is 0. The number of nitrogen functional groups attached to an aromatic ring is 1. The van der Waals surface area contributed by atoms with Gasteiger partial charge in [-0.25, -0.2) is 0 Å². The Morgan fingerprint density at radius 2 is 1.65 bits per heavy atom. The van der Waals surface area contributed by atoms with Gasteiger partial charge >= 0.3 is 0 Å². The first-order valence-electron chi connectivity index (χ1n) is 7.19. The van der Waals surface area contributed by atoms with Crippen LogP contribution < -0.4 is 5.73 Å². The second kappa shape index (κ2) is 4.71. The summed E-state index contributed by atoms with van der Waals surface area (Å²) < 4.78 is 2.17. The minimum atomic E-state index is 0.612. The van der Waals surface area contributed by atoms with Crippen molar-refractivity contribution in [3.05, 3.63) is 11.9 Å². The first kappa shape index (κ1) is 11.1. The molecule has 2 fully saturated rings. The molecule has 17 heavy (non-hydrogen) atoms. The number of hydrogen-bond acceptors (Lipinski definition) is 2. The van der Waals surface area contributed by atoms with Crippen LogP contribution in [0.3, 0.4) is 0 Å². The summed E-state index contributed by atoms with van der Waals surface area (Å²) in [6.45, 7) is 0. The fraction of sp³-hybridized carbons (Fsp3) is 0.786. The molecule has 0 unspecified atom stereocenters. The van der Waals surface area contributed by atoms with Gasteiger partial charge in [0, 0.05) is 12.1 Å². The van der Waals surface area contributed by atoms with E-state index in [2.05, 4.69) is 10.9 Å². The molecular weight excluding hydrogens is 210 g/mol. The van der Waals surface area contributed by atoms with Gasteiger partial charge in [0.2, 0.25) is 0 Å². The molecule has 2 N–H and O–H groups in total. The van der Waals surface area contributed by atoms with Crippen molar-refractivity contribution in [3.63, 3.8) is 0 Å². The zero-order valence-electron chi connectivity index (χ0n) is 10.6. The summed E-state index contributed by atoms with van der Waals surface area (Å²) in [7, 11) is 0. The van der Waals surface area contributed by atoms with Crippen molar-refractivity contribution in [2.45, 2.75) is 69.7 Å². The van der Waals surface area contributed by atoms with Gasteiger partial charge in [0.05, 0.1) is 17.4 Å². The van der Waals surface area contributed by atoms with Crippen LogP contribution in [0.25, 0.3) is 0 Å². The molecule has 3 rings (SSSR count). The van der Waals surface area contributed by atoms with Gasteiger partial charge in [-0.2, -0.15) is 5.10 Å². The maximum atomic E-state index is 6.14. The van der Waals surface area contributed by atoms with E-state index in [0.29, 0.717) is 12.0 Å². The van der Waals surface area contributed by atoms with E-state index in [9.17, 15) is 0 Å². The Kier molecular flexibility index (Phi) is 3.08. The average molecular weight is 233 g/mol. The molecule has 1 heterocycles. The van der Waals surface area contributed by atoms with E-state index in [-0.39, 0.29) is 0 Å². The maximum absolute atomic E-state index is 6.14. The Balaban J connectivity index is 1.79. The number of aromatic nitrogens is 2. The number of rotatable bonds is 2. The highest BCUT2D eigenvalue weighted by Gasteiger charge is 2.24. The molecule has 0 amide bonds. The predicted octanol–water partition coefficient (Wildman–Crippen LogP) is 3.63. The highest BCUT2D eigenvalue weighted by molar-refractivity contribution is 5.43. The van der Waals surface area contributed by atoms with Gasteiger partial charge in [-0.05, 0) is 25.7 Å². The van der Waals surface area contributed by atoms with Gasteiger partial charge in [0.25, 0.3) is 0 Å². The van der Waals surface area contributed by atoms with Crippen LogP contribution in [0.5, 0.6) is 0 Å². The molecule has 0 aliphatic heterocycles. The third-order valence-corrected chi connectivity index (χ3v) is 4.48. The lowest BCUT2D eigenvalue weighted by atomic mass is 9.96. The van der Waals surface area contributed by atoms with Gasteiger partial charge in [0.15, 0.2) is 0 Å². The molecule has 0 aromatic carbocycles. The zero-order valence-corrected chi connectivity index (χ0v) is 10.6. The average Bonchev–Trinajstić information content (AvgIpc) is 2.99. The van der Waals surface area contributed by atoms with Gasteiger partial charge < -0.3 is 5.73 Å². The van der Waals surface area contributed by atoms with Crippen LogP contribution in [0, 0.1) is 0 Å². The minimum Gasteiger partial charge on any atom is -0.396 e. The Morgan fingerprint density at radius 3 is 2.35 bits per heavy atom. The maximum Gasteiger partial charge on any atom is 0.0884 e. The zero-order chi connectivity index (χ0) is 11.7. The Bertz CT molecular complexity index is 371. The third kappa shape index (κ3) is 2.20. The minimum absolute atomic E-state index is 0.612. The van der Waals surface area contributed by atoms with Crippen molar-refractivity contribution in [1.29, 1.82) is 0 Å². The second-order valence-corrected chi connectivity index (χ2v) is 5.72. The van der Waals surface area contributed by atoms with E-state index in [0.717, 1.165) is 5.69 Å². The van der Waals surface area contributed by atoms with Crippen molar-refractivity contribution < 1.29 is 0 Å². The molecule has 1 aromatic rings. The largest absolute Gasteiger partial charge is 0.396 e. The number of nitrogens with two attached hydrogens (primary N) is 1. The Hall–Kier alpha value is -0.990. The fourth-order valence-corrected chi connectivity index (χ4v) is 3.47. The van der Waals surface area contributed by atoms with Crippen molar-refractivity contribution in [3.8, 4) is 0 Å². The lowest BCUT2D eigenvalue weighted by Gasteiger charge is -2.21. The molecule has 0 bridgehead atoms. The summed E-state index contributed by atoms with van der Waals surface area (Å²) in [5.74, 6) is 0.639. The van der Waals surface area contributed by atoms with Crippen LogP contribution >= 0.6 is 0 Å². The standard InChI is InChI=1S/C14H23N3/c15-13-10-17(12-8-2-1-3-9-12)16-14(13)11-6-4-5-7-11/h10-12H,1-9,15H2. The molecule has 2 saturated carbocycles. The first-order chi connectivity index (χ1) is 8.34. The smallest absolute Gasteiger partial charge is 0.0884 e. The summed E-state index contributed by atoms with van der Waals surface area (Å²) in [5, 5.41) is 4.81. The van der Waals surface area contributed by atoms with Gasteiger partial charge in [-0.15, -0.1) is 0 Å². The van der Waals surface area contributed by atoms with E-state index in [1.54, 1.807) is 0 Å². The lowest BCUT2D eigenvalue weighted by Crippen LogP contribution is -2.13. The summed E-state index contributed by atoms with van der Waals surface area (Å²) in [5.41, 5.74) is 8.27. The van der Waals surface area contributed by atoms with E-state index in [1.165, 1.54) is 63.5 Å². The van der Waals surface area contributed by atoms with Crippen LogP contribution in [0.1, 0.15) is 75.4 Å². The van der Waals surface area contributed by atoms with Gasteiger partial charge in [0.1, 0.15) is 0 Å². The van der Waals surface area contributed by atoms with E-state index < -0.39 is 0 Å². The van der Waals surface area contributed by atoms with Crippen LogP contribution in [-0.4, -0.2) is 9.78 Å². The predicted molar refractivity (Wildman–Crippen MR) is 70.0 cm³/mol. The highest BCUT2D eigenvalue weighted by atomic mass is 15.3. The monoisotopic (exact) mass is 233 g/mol. The molecule has 3 heteroatoms. The molecule has 3 nitrogen and oxygen atoms in total. The molecule has 0 spiro atoms. The summed E-state index contributed by atoms with van der Waals surface area (Å²) in [6.07, 6.45) is 14.0. The lowest BCUT2D eigenvalue weighted by molar-refractivity contribution is 0.327. The van der Waals surface area contributed by atoms with E-state index in [1.807, 2.05) is 0 Å². The van der Waals surface area contributed by atoms with Crippen molar-refractivity contribution >= 4 is 5.69 Å². The topological polar surface area (TPSA) is 43.8 Å². The van der Waals surface area contributed by atoms with Crippen LogP contribution in [-0.2, 0) is 0 Å². The summed E-state index contributed by atoms with van der Waals surface area (Å²) in [6, 6.07) is 0.612. The summed E-state index contributed by atoms with van der Waals surface area (Å²) >= 11 is 0. The molecule has 0 saturated heterocycles. The van der Waals surface area contributed by atoms with Crippen LogP contribution in [0.15, 0.2) is 6.20 Å². The van der Waals surface area contributed by atoms with Crippen molar-refractivity contribution in [2.75, 3.05) is 5.73 Å². The molecule has 94 valence electrons. The number of anilines is 1. The second-order valence-electron chi connectivity index (χ2n) is 5.72. The number of nitrogens with zero attached hydrogens (tertiary/aromatic N) is 2. The van der Waals surface area contributed by atoms with Gasteiger partial charge in [-0.1, -0.05) is 32.1 Å². The normalized spacial score (nSPS) is 23.3. The van der Waals surface area contributed by atoms with Crippen molar-refractivity contribution in [2.24, 2.45) is 0 Å². The molecule has 0 radical (unpaired) electrons. The SMILES string of the molecule is Nc1cn(C2CCCCC2)nc1C1CCCC1. The Morgan fingerprint density at radius 1 is 1.00 bits per heavy atom. The fourth-order valence-electron chi connectivity index (χ4n) is 3.47. The van der Waals surface area contributed by atoms with E-state index in [4.69, 9.17) is 10.8 Å². The molecular formula is C14H23N3. The number of hydrogen-bond donors (Lipinski definition) is 1. The van der Waals surface area contributed by atoms with Crippen LogP contribution in [0.4, 0.5) is 5.69 Å². The van der Waals surface area contributed by atoms with E-state index >= 15 is 0 Å². The molecule has 2 aliphatic rings. The van der Waals surface area contributed by atoms with Crippen molar-refractivity contribution in [1.82, 2.24) is 9.78 Å². The molecule has 1 aromatic heterocycles. The quantitative estimate of drug-likeness (QED) is 0.847.